The van der Waals surface area contributed by atoms with Crippen LogP contribution in [-0.2, 0) is 28.5 Å². The van der Waals surface area contributed by atoms with Crippen LogP contribution in [0.15, 0.2) is 11.6 Å². The van der Waals surface area contributed by atoms with E-state index in [1.165, 1.54) is 5.57 Å². The second kappa shape index (κ2) is 8.71. The van der Waals surface area contributed by atoms with E-state index in [1.54, 1.807) is 14.0 Å². The Morgan fingerprint density at radius 1 is 1.23 bits per heavy atom. The van der Waals surface area contributed by atoms with E-state index >= 15 is 0 Å². The van der Waals surface area contributed by atoms with Gasteiger partial charge >= 0.3 is 5.97 Å². The Hall–Kier alpha value is -1.24. The van der Waals surface area contributed by atoms with Crippen LogP contribution < -0.4 is 0 Å². The summed E-state index contributed by atoms with van der Waals surface area (Å²) < 4.78 is 23.9. The van der Waals surface area contributed by atoms with Crippen LogP contribution in [0.5, 0.6) is 0 Å². The van der Waals surface area contributed by atoms with Gasteiger partial charge in [-0.15, -0.1) is 0 Å². The van der Waals surface area contributed by atoms with Crippen LogP contribution in [-0.4, -0.2) is 55.0 Å². The topological polar surface area (TPSA) is 77.7 Å². The molecule has 7 atom stereocenters. The Bertz CT molecular complexity index is 690. The lowest BCUT2D eigenvalue weighted by Crippen LogP contribution is -2.55. The lowest BCUT2D eigenvalue weighted by atomic mass is 9.68. The molecule has 1 aliphatic carbocycles. The largest absolute Gasteiger partial charge is 0.460 e. The number of carbonyl (C=O) groups is 2. The van der Waals surface area contributed by atoms with E-state index in [9.17, 15) is 9.59 Å². The standard InChI is InChI=1S/C24H38O6/c1-14(2)8-9-19-23(6,30-19)22-21(27-7)18(10-11-24(22)13-28-24)29-20(26)12-17(15(3)4)16(5)25/h8,15,17-19,21-22H,9-13H2,1-7H3/t17-,18-,19-,21-,22-,23+,24+/m1/s1. The van der Waals surface area contributed by atoms with Crippen LogP contribution in [0.3, 0.4) is 0 Å². The molecule has 30 heavy (non-hydrogen) atoms. The number of carbonyl (C=O) groups excluding carboxylic acids is 2. The van der Waals surface area contributed by atoms with Gasteiger partial charge < -0.3 is 18.9 Å². The van der Waals surface area contributed by atoms with Crippen molar-refractivity contribution in [2.45, 2.75) is 96.7 Å². The Morgan fingerprint density at radius 2 is 1.90 bits per heavy atom. The summed E-state index contributed by atoms with van der Waals surface area (Å²) in [6, 6.07) is 0. The fourth-order valence-corrected chi connectivity index (χ4v) is 5.32. The Balaban J connectivity index is 1.71. The molecule has 6 nitrogen and oxygen atoms in total. The van der Waals surface area contributed by atoms with E-state index in [0.29, 0.717) is 13.0 Å². The average molecular weight is 423 g/mol. The number of methoxy groups -OCH3 is 1. The molecule has 0 aromatic carbocycles. The summed E-state index contributed by atoms with van der Waals surface area (Å²) in [5.74, 6) is -0.506. The van der Waals surface area contributed by atoms with Gasteiger partial charge in [-0.2, -0.15) is 0 Å². The molecule has 3 rings (SSSR count). The van der Waals surface area contributed by atoms with Crippen LogP contribution in [0.1, 0.15) is 67.2 Å². The van der Waals surface area contributed by atoms with Gasteiger partial charge in [0.25, 0.3) is 0 Å². The van der Waals surface area contributed by atoms with E-state index in [4.69, 9.17) is 18.9 Å². The summed E-state index contributed by atoms with van der Waals surface area (Å²) in [4.78, 5) is 24.6. The van der Waals surface area contributed by atoms with Gasteiger partial charge in [0.1, 0.15) is 29.2 Å². The van der Waals surface area contributed by atoms with E-state index in [2.05, 4.69) is 26.8 Å². The van der Waals surface area contributed by atoms with Crippen LogP contribution in [0, 0.1) is 17.8 Å². The Labute approximate surface area is 180 Å². The first-order chi connectivity index (χ1) is 14.0. The molecule has 1 saturated carbocycles. The number of allylic oxidation sites excluding steroid dienone is 1. The summed E-state index contributed by atoms with van der Waals surface area (Å²) in [7, 11) is 1.67. The first-order valence-electron chi connectivity index (χ1n) is 11.2. The molecule has 0 unspecified atom stereocenters. The van der Waals surface area contributed by atoms with Crippen molar-refractivity contribution in [3.63, 3.8) is 0 Å². The maximum atomic E-state index is 12.7. The fraction of sp³-hybridized carbons (Fsp3) is 0.833. The molecule has 0 aromatic heterocycles. The summed E-state index contributed by atoms with van der Waals surface area (Å²) >= 11 is 0. The molecule has 2 aliphatic heterocycles. The molecular formula is C24H38O6. The molecule has 2 saturated heterocycles. The first-order valence-corrected chi connectivity index (χ1v) is 11.2. The summed E-state index contributed by atoms with van der Waals surface area (Å²) in [5, 5.41) is 0. The predicted molar refractivity (Wildman–Crippen MR) is 113 cm³/mol. The molecule has 3 fully saturated rings. The monoisotopic (exact) mass is 422 g/mol. The third-order valence-corrected chi connectivity index (χ3v) is 7.23. The lowest BCUT2D eigenvalue weighted by Gasteiger charge is -2.42. The van der Waals surface area contributed by atoms with Crippen molar-refractivity contribution >= 4 is 11.8 Å². The van der Waals surface area contributed by atoms with Gasteiger partial charge in [-0.05, 0) is 52.9 Å². The van der Waals surface area contributed by atoms with Gasteiger partial charge in [0.2, 0.25) is 0 Å². The third-order valence-electron chi connectivity index (χ3n) is 7.23. The summed E-state index contributed by atoms with van der Waals surface area (Å²) in [6.07, 6.45) is 4.17. The molecule has 0 radical (unpaired) electrons. The number of hydrogen-bond acceptors (Lipinski definition) is 6. The van der Waals surface area contributed by atoms with Crippen molar-refractivity contribution in [2.75, 3.05) is 13.7 Å². The zero-order valence-corrected chi connectivity index (χ0v) is 19.5. The van der Waals surface area contributed by atoms with Crippen molar-refractivity contribution in [2.24, 2.45) is 17.8 Å². The van der Waals surface area contributed by atoms with Crippen molar-refractivity contribution in [3.8, 4) is 0 Å². The highest BCUT2D eigenvalue weighted by Gasteiger charge is 2.72. The molecule has 0 aromatic rings. The molecule has 6 heteroatoms. The number of esters is 1. The van der Waals surface area contributed by atoms with Crippen LogP contribution in [0.25, 0.3) is 0 Å². The van der Waals surface area contributed by atoms with E-state index in [1.807, 2.05) is 13.8 Å². The number of epoxide rings is 2. The lowest BCUT2D eigenvalue weighted by molar-refractivity contribution is -0.173. The zero-order chi connectivity index (χ0) is 22.3. The van der Waals surface area contributed by atoms with E-state index in [0.717, 1.165) is 12.8 Å². The SMILES string of the molecule is CO[C@@H]1[C@H](OC(=O)C[C@@H](C(C)=O)C(C)C)CC[C@]2(CO2)[C@H]1[C@@]1(C)O[C@@H]1CC=C(C)C. The van der Waals surface area contributed by atoms with Crippen molar-refractivity contribution in [3.05, 3.63) is 11.6 Å². The fourth-order valence-electron chi connectivity index (χ4n) is 5.32. The summed E-state index contributed by atoms with van der Waals surface area (Å²) in [5.41, 5.74) is 0.681. The maximum absolute atomic E-state index is 12.7. The molecule has 1 spiro atoms. The van der Waals surface area contributed by atoms with Gasteiger partial charge in [-0.1, -0.05) is 25.5 Å². The highest BCUT2D eigenvalue weighted by atomic mass is 16.6. The molecule has 3 aliphatic rings. The van der Waals surface area contributed by atoms with Gasteiger partial charge in [0, 0.05) is 13.0 Å². The van der Waals surface area contributed by atoms with Crippen LogP contribution in [0.4, 0.5) is 0 Å². The van der Waals surface area contributed by atoms with E-state index in [-0.39, 0.29) is 65.4 Å². The summed E-state index contributed by atoms with van der Waals surface area (Å²) in [6.45, 7) is 12.5. The Morgan fingerprint density at radius 3 is 2.40 bits per heavy atom. The van der Waals surface area contributed by atoms with Gasteiger partial charge in [0.05, 0.1) is 25.0 Å². The number of hydrogen-bond donors (Lipinski definition) is 0. The number of Topliss-reactive ketones (excluding diaryl/α,β-unsaturated/α-hetero) is 1. The predicted octanol–water partition coefficient (Wildman–Crippen LogP) is 3.86. The van der Waals surface area contributed by atoms with Crippen LogP contribution in [0.2, 0.25) is 0 Å². The first kappa shape index (κ1) is 23.4. The molecular weight excluding hydrogens is 384 g/mol. The van der Waals surface area contributed by atoms with Gasteiger partial charge in [-0.3, -0.25) is 9.59 Å². The van der Waals surface area contributed by atoms with Crippen LogP contribution >= 0.6 is 0 Å². The zero-order valence-electron chi connectivity index (χ0n) is 19.5. The highest BCUT2D eigenvalue weighted by molar-refractivity contribution is 5.83. The molecule has 170 valence electrons. The Kier molecular flexibility index (Phi) is 6.80. The van der Waals surface area contributed by atoms with Gasteiger partial charge in [0.15, 0.2) is 0 Å². The minimum absolute atomic E-state index is 0.00538. The van der Waals surface area contributed by atoms with Crippen molar-refractivity contribution in [1.82, 2.24) is 0 Å². The number of ketones is 1. The molecule has 0 N–H and O–H groups in total. The quantitative estimate of drug-likeness (QED) is 0.319. The minimum Gasteiger partial charge on any atom is -0.460 e. The maximum Gasteiger partial charge on any atom is 0.306 e. The minimum atomic E-state index is -0.354. The van der Waals surface area contributed by atoms with E-state index < -0.39 is 0 Å². The van der Waals surface area contributed by atoms with Crippen molar-refractivity contribution in [1.29, 1.82) is 0 Å². The second-order valence-electron chi connectivity index (χ2n) is 10.1. The smallest absolute Gasteiger partial charge is 0.306 e. The second-order valence-corrected chi connectivity index (χ2v) is 10.1. The van der Waals surface area contributed by atoms with Gasteiger partial charge in [-0.25, -0.2) is 0 Å². The third kappa shape index (κ3) is 4.66. The highest BCUT2D eigenvalue weighted by Crippen LogP contribution is 2.59. The number of ether oxygens (including phenoxy) is 4. The average Bonchev–Trinajstić information content (AvgIpc) is 3.56. The molecule has 0 amide bonds. The molecule has 2 heterocycles. The molecule has 0 bridgehead atoms. The number of rotatable bonds is 9. The van der Waals surface area contributed by atoms with Crippen molar-refractivity contribution < 1.29 is 28.5 Å². The normalized spacial score (nSPS) is 38.3.